The van der Waals surface area contributed by atoms with Crippen molar-refractivity contribution in [1.29, 1.82) is 0 Å². The molecule has 0 bridgehead atoms. The lowest BCUT2D eigenvalue weighted by Crippen LogP contribution is -2.40. The fraction of sp³-hybridized carbons (Fsp3) is 1.00. The van der Waals surface area contributed by atoms with Crippen LogP contribution in [0.3, 0.4) is 0 Å². The van der Waals surface area contributed by atoms with Crippen molar-refractivity contribution in [3.8, 4) is 0 Å². The van der Waals surface area contributed by atoms with Crippen LogP contribution >= 0.6 is 0 Å². The minimum absolute atomic E-state index is 0.267. The van der Waals surface area contributed by atoms with E-state index < -0.39 is 0 Å². The summed E-state index contributed by atoms with van der Waals surface area (Å²) >= 11 is 0. The van der Waals surface area contributed by atoms with Crippen LogP contribution in [0.5, 0.6) is 0 Å². The standard InChI is InChI=1S/2C6H13NO2/c2*1-8-5-6-4-7-2-3-9-6/h2*6-7H,2-5H2,1H3/t2*6-/m10/s1. The second-order valence-corrected chi connectivity index (χ2v) is 4.30. The fourth-order valence-electron chi connectivity index (χ4n) is 1.83. The molecule has 18 heavy (non-hydrogen) atoms. The maximum Gasteiger partial charge on any atom is 0.0932 e. The molecule has 0 amide bonds. The number of ether oxygens (including phenoxy) is 4. The van der Waals surface area contributed by atoms with Crippen molar-refractivity contribution in [2.75, 3.05) is 66.8 Å². The largest absolute Gasteiger partial charge is 0.382 e. The van der Waals surface area contributed by atoms with Gasteiger partial charge in [0, 0.05) is 40.4 Å². The summed E-state index contributed by atoms with van der Waals surface area (Å²) < 4.78 is 20.5. The van der Waals surface area contributed by atoms with Gasteiger partial charge in [-0.3, -0.25) is 0 Å². The Labute approximate surface area is 109 Å². The van der Waals surface area contributed by atoms with Gasteiger partial charge < -0.3 is 29.6 Å². The monoisotopic (exact) mass is 262 g/mol. The summed E-state index contributed by atoms with van der Waals surface area (Å²) in [7, 11) is 3.38. The van der Waals surface area contributed by atoms with Crippen LogP contribution in [0, 0.1) is 0 Å². The molecule has 0 unspecified atom stereocenters. The third-order valence-corrected chi connectivity index (χ3v) is 2.71. The summed E-state index contributed by atoms with van der Waals surface area (Å²) in [6.07, 6.45) is 0.535. The van der Waals surface area contributed by atoms with Gasteiger partial charge in [0.25, 0.3) is 0 Å². The van der Waals surface area contributed by atoms with Crippen LogP contribution in [0.4, 0.5) is 0 Å². The molecule has 6 heteroatoms. The lowest BCUT2D eigenvalue weighted by Gasteiger charge is -2.22. The molecule has 0 aliphatic carbocycles. The topological polar surface area (TPSA) is 61.0 Å². The fourth-order valence-corrected chi connectivity index (χ4v) is 1.83. The first kappa shape index (κ1) is 15.8. The zero-order valence-electron chi connectivity index (χ0n) is 11.4. The quantitative estimate of drug-likeness (QED) is 0.695. The van der Waals surface area contributed by atoms with E-state index in [1.807, 2.05) is 0 Å². The predicted molar refractivity (Wildman–Crippen MR) is 69.0 cm³/mol. The summed E-state index contributed by atoms with van der Waals surface area (Å²) in [5, 5.41) is 6.43. The third-order valence-electron chi connectivity index (χ3n) is 2.71. The molecule has 0 aromatic heterocycles. The zero-order valence-corrected chi connectivity index (χ0v) is 11.4. The average Bonchev–Trinajstić information content (AvgIpc) is 2.43. The van der Waals surface area contributed by atoms with Gasteiger partial charge in [-0.15, -0.1) is 0 Å². The molecule has 2 N–H and O–H groups in total. The van der Waals surface area contributed by atoms with Gasteiger partial charge in [-0.25, -0.2) is 0 Å². The van der Waals surface area contributed by atoms with E-state index in [2.05, 4.69) is 10.6 Å². The van der Waals surface area contributed by atoms with E-state index in [1.165, 1.54) is 0 Å². The van der Waals surface area contributed by atoms with Crippen LogP contribution < -0.4 is 10.6 Å². The molecule has 0 aromatic carbocycles. The molecule has 0 aromatic rings. The molecular formula is C12H26N2O4. The highest BCUT2D eigenvalue weighted by molar-refractivity contribution is 4.65. The Morgan fingerprint density at radius 3 is 1.61 bits per heavy atom. The lowest BCUT2D eigenvalue weighted by atomic mass is 10.3. The molecule has 2 heterocycles. The van der Waals surface area contributed by atoms with Crippen LogP contribution in [0.2, 0.25) is 0 Å². The Hall–Kier alpha value is -0.240. The van der Waals surface area contributed by atoms with Crippen molar-refractivity contribution in [1.82, 2.24) is 10.6 Å². The van der Waals surface area contributed by atoms with Gasteiger partial charge in [0.05, 0.1) is 38.6 Å². The lowest BCUT2D eigenvalue weighted by molar-refractivity contribution is -0.0188. The average molecular weight is 262 g/mol. The second kappa shape index (κ2) is 10.7. The van der Waals surface area contributed by atoms with Crippen LogP contribution in [-0.4, -0.2) is 79.0 Å². The highest BCUT2D eigenvalue weighted by Crippen LogP contribution is 1.95. The van der Waals surface area contributed by atoms with E-state index in [-0.39, 0.29) is 12.2 Å². The zero-order chi connectivity index (χ0) is 13.1. The first-order valence-corrected chi connectivity index (χ1v) is 6.49. The molecule has 108 valence electrons. The predicted octanol–water partition coefficient (Wildman–Crippen LogP) is -0.758. The molecule has 2 atom stereocenters. The highest BCUT2D eigenvalue weighted by atomic mass is 16.5. The Bertz CT molecular complexity index is 157. The molecule has 2 fully saturated rings. The molecule has 0 saturated carbocycles. The van der Waals surface area contributed by atoms with Gasteiger partial charge in [-0.05, 0) is 0 Å². The molecule has 6 nitrogen and oxygen atoms in total. The van der Waals surface area contributed by atoms with Crippen molar-refractivity contribution >= 4 is 0 Å². The van der Waals surface area contributed by atoms with E-state index >= 15 is 0 Å². The van der Waals surface area contributed by atoms with Gasteiger partial charge in [0.1, 0.15) is 0 Å². The molecule has 2 aliphatic heterocycles. The Morgan fingerprint density at radius 1 is 0.889 bits per heavy atom. The van der Waals surface area contributed by atoms with E-state index in [9.17, 15) is 0 Å². The van der Waals surface area contributed by atoms with Gasteiger partial charge in [-0.1, -0.05) is 0 Å². The van der Waals surface area contributed by atoms with Crippen LogP contribution in [0.25, 0.3) is 0 Å². The van der Waals surface area contributed by atoms with E-state index in [1.54, 1.807) is 14.2 Å². The molecule has 0 radical (unpaired) electrons. The maximum atomic E-state index is 5.33. The summed E-state index contributed by atoms with van der Waals surface area (Å²) in [6, 6.07) is 0. The van der Waals surface area contributed by atoms with Crippen molar-refractivity contribution in [2.45, 2.75) is 12.2 Å². The minimum atomic E-state index is 0.267. The van der Waals surface area contributed by atoms with E-state index in [0.717, 1.165) is 39.4 Å². The Morgan fingerprint density at radius 2 is 1.33 bits per heavy atom. The van der Waals surface area contributed by atoms with Gasteiger partial charge in [0.15, 0.2) is 0 Å². The van der Waals surface area contributed by atoms with Crippen LogP contribution in [0.15, 0.2) is 0 Å². The summed E-state index contributed by atoms with van der Waals surface area (Å²) in [5.41, 5.74) is 0. The Kier molecular flexibility index (Phi) is 9.37. The summed E-state index contributed by atoms with van der Waals surface area (Å²) in [6.45, 7) is 6.82. The van der Waals surface area contributed by atoms with Crippen molar-refractivity contribution in [3.05, 3.63) is 0 Å². The van der Waals surface area contributed by atoms with Gasteiger partial charge >= 0.3 is 0 Å². The third kappa shape index (κ3) is 7.25. The van der Waals surface area contributed by atoms with Crippen LogP contribution in [0.1, 0.15) is 0 Å². The SMILES string of the molecule is COC[C@@H]1CNCCO1.COC[C@H]1CNCCO1. The normalized spacial score (nSPS) is 28.3. The first-order chi connectivity index (χ1) is 8.86. The summed E-state index contributed by atoms with van der Waals surface area (Å²) in [4.78, 5) is 0. The minimum Gasteiger partial charge on any atom is -0.382 e. The highest BCUT2D eigenvalue weighted by Gasteiger charge is 2.12. The molecule has 2 aliphatic rings. The number of morpholine rings is 2. The number of rotatable bonds is 4. The van der Waals surface area contributed by atoms with Crippen molar-refractivity contribution < 1.29 is 18.9 Å². The number of nitrogens with one attached hydrogen (secondary N) is 2. The van der Waals surface area contributed by atoms with E-state index in [0.29, 0.717) is 13.2 Å². The molecule has 2 saturated heterocycles. The summed E-state index contributed by atoms with van der Waals surface area (Å²) in [5.74, 6) is 0. The number of hydrogen-bond acceptors (Lipinski definition) is 6. The van der Waals surface area contributed by atoms with Gasteiger partial charge in [-0.2, -0.15) is 0 Å². The van der Waals surface area contributed by atoms with Crippen molar-refractivity contribution in [3.63, 3.8) is 0 Å². The molecule has 2 rings (SSSR count). The molecule has 0 spiro atoms. The number of methoxy groups -OCH3 is 2. The molecular weight excluding hydrogens is 236 g/mol. The maximum absolute atomic E-state index is 5.33. The van der Waals surface area contributed by atoms with Crippen LogP contribution in [-0.2, 0) is 18.9 Å². The number of hydrogen-bond donors (Lipinski definition) is 2. The smallest absolute Gasteiger partial charge is 0.0932 e. The van der Waals surface area contributed by atoms with Crippen molar-refractivity contribution in [2.24, 2.45) is 0 Å². The van der Waals surface area contributed by atoms with Gasteiger partial charge in [0.2, 0.25) is 0 Å². The van der Waals surface area contributed by atoms with E-state index in [4.69, 9.17) is 18.9 Å². The first-order valence-electron chi connectivity index (χ1n) is 6.49. The Balaban J connectivity index is 0.000000180. The second-order valence-electron chi connectivity index (χ2n) is 4.30.